The summed E-state index contributed by atoms with van der Waals surface area (Å²) in [6.45, 7) is 9.77. The first-order valence-electron chi connectivity index (χ1n) is 11.1. The number of halogens is 1. The van der Waals surface area contributed by atoms with Gasteiger partial charge in [0.1, 0.15) is 5.82 Å². The van der Waals surface area contributed by atoms with E-state index in [0.717, 1.165) is 58.0 Å². The van der Waals surface area contributed by atoms with E-state index in [2.05, 4.69) is 63.9 Å². The molecule has 2 heterocycles. The molecule has 0 bridgehead atoms. The average Bonchev–Trinajstić information content (AvgIpc) is 3.21. The molecule has 0 unspecified atom stereocenters. The second-order valence-electron chi connectivity index (χ2n) is 8.37. The van der Waals surface area contributed by atoms with Crippen LogP contribution in [-0.2, 0) is 24.4 Å². The van der Waals surface area contributed by atoms with E-state index in [-0.39, 0.29) is 5.82 Å². The van der Waals surface area contributed by atoms with Crippen LogP contribution in [0.1, 0.15) is 22.4 Å². The van der Waals surface area contributed by atoms with E-state index in [1.165, 1.54) is 16.8 Å². The van der Waals surface area contributed by atoms with Gasteiger partial charge < -0.3 is 9.30 Å². The van der Waals surface area contributed by atoms with Crippen molar-refractivity contribution in [1.29, 1.82) is 0 Å². The summed E-state index contributed by atoms with van der Waals surface area (Å²) in [5.74, 6) is -0.131. The van der Waals surface area contributed by atoms with E-state index in [1.54, 1.807) is 12.1 Å². The lowest BCUT2D eigenvalue weighted by atomic mass is 10.1. The molecular formula is C26H32FN3O. The van der Waals surface area contributed by atoms with Gasteiger partial charge in [0.15, 0.2) is 0 Å². The molecule has 3 aromatic rings. The third-order valence-electron chi connectivity index (χ3n) is 5.93. The number of aryl methyl sites for hydroxylation is 1. The maximum absolute atomic E-state index is 14.4. The minimum Gasteiger partial charge on any atom is -0.379 e. The Morgan fingerprint density at radius 3 is 2.61 bits per heavy atom. The molecule has 0 N–H and O–H groups in total. The summed E-state index contributed by atoms with van der Waals surface area (Å²) in [7, 11) is 0. The molecule has 1 aromatic heterocycles. The second kappa shape index (κ2) is 10.7. The van der Waals surface area contributed by atoms with Gasteiger partial charge in [-0.2, -0.15) is 0 Å². The normalized spacial score (nSPS) is 14.9. The number of hydrogen-bond acceptors (Lipinski definition) is 3. The quantitative estimate of drug-likeness (QED) is 0.513. The van der Waals surface area contributed by atoms with Crippen LogP contribution >= 0.6 is 0 Å². The van der Waals surface area contributed by atoms with Gasteiger partial charge in [0.2, 0.25) is 0 Å². The molecule has 1 fully saturated rings. The highest BCUT2D eigenvalue weighted by molar-refractivity contribution is 5.23. The van der Waals surface area contributed by atoms with Crippen LogP contribution in [0.5, 0.6) is 0 Å². The van der Waals surface area contributed by atoms with E-state index in [1.807, 2.05) is 12.1 Å². The fraction of sp³-hybridized carbons (Fsp3) is 0.385. The summed E-state index contributed by atoms with van der Waals surface area (Å²) in [6.07, 6.45) is 2.14. The summed E-state index contributed by atoms with van der Waals surface area (Å²) < 4.78 is 22.1. The van der Waals surface area contributed by atoms with E-state index in [0.29, 0.717) is 6.54 Å². The zero-order chi connectivity index (χ0) is 21.5. The molecular weight excluding hydrogens is 389 g/mol. The third kappa shape index (κ3) is 6.26. The van der Waals surface area contributed by atoms with E-state index in [9.17, 15) is 4.39 Å². The van der Waals surface area contributed by atoms with Crippen molar-refractivity contribution in [3.63, 3.8) is 0 Å². The predicted octanol–water partition coefficient (Wildman–Crippen LogP) is 4.32. The number of ether oxygens (including phenoxy) is 1. The zero-order valence-corrected chi connectivity index (χ0v) is 18.3. The number of nitrogens with zero attached hydrogens (tertiary/aromatic N) is 3. The van der Waals surface area contributed by atoms with Crippen molar-refractivity contribution in [2.75, 3.05) is 39.4 Å². The van der Waals surface area contributed by atoms with Crippen molar-refractivity contribution in [3.8, 4) is 0 Å². The van der Waals surface area contributed by atoms with Crippen LogP contribution in [0.2, 0.25) is 0 Å². The fourth-order valence-electron chi connectivity index (χ4n) is 4.17. The Morgan fingerprint density at radius 1 is 0.968 bits per heavy atom. The van der Waals surface area contributed by atoms with Crippen molar-refractivity contribution in [3.05, 3.63) is 95.1 Å². The molecule has 0 atom stereocenters. The number of morpholine rings is 1. The Balaban J connectivity index is 1.47. The summed E-state index contributed by atoms with van der Waals surface area (Å²) >= 11 is 0. The molecule has 0 aliphatic carbocycles. The Bertz CT molecular complexity index is 965. The Kier molecular flexibility index (Phi) is 7.52. The van der Waals surface area contributed by atoms with Crippen LogP contribution in [-0.4, -0.2) is 53.8 Å². The van der Waals surface area contributed by atoms with Crippen LogP contribution in [0.4, 0.5) is 4.39 Å². The molecule has 0 radical (unpaired) electrons. The SMILES string of the molecule is Cc1cccc(Cn2cccc2CN(CCN2CCOCC2)Cc2ccccc2F)c1. The Labute approximate surface area is 184 Å². The highest BCUT2D eigenvalue weighted by Crippen LogP contribution is 2.16. The van der Waals surface area contributed by atoms with Gasteiger partial charge in [-0.3, -0.25) is 9.80 Å². The van der Waals surface area contributed by atoms with Crippen molar-refractivity contribution in [2.45, 2.75) is 26.6 Å². The maximum Gasteiger partial charge on any atom is 0.127 e. The lowest BCUT2D eigenvalue weighted by molar-refractivity contribution is 0.0323. The highest BCUT2D eigenvalue weighted by Gasteiger charge is 2.16. The molecule has 31 heavy (non-hydrogen) atoms. The molecule has 0 saturated carbocycles. The van der Waals surface area contributed by atoms with Gasteiger partial charge in [-0.25, -0.2) is 4.39 Å². The summed E-state index contributed by atoms with van der Waals surface area (Å²) in [4.78, 5) is 4.79. The zero-order valence-electron chi connectivity index (χ0n) is 18.3. The maximum atomic E-state index is 14.4. The first kappa shape index (κ1) is 21.8. The van der Waals surface area contributed by atoms with Gasteiger partial charge in [0.25, 0.3) is 0 Å². The molecule has 0 amide bonds. The summed E-state index contributed by atoms with van der Waals surface area (Å²) in [5, 5.41) is 0. The van der Waals surface area contributed by atoms with E-state index in [4.69, 9.17) is 4.74 Å². The molecule has 4 nitrogen and oxygen atoms in total. The summed E-state index contributed by atoms with van der Waals surface area (Å²) in [6, 6.07) is 20.0. The van der Waals surface area contributed by atoms with Crippen molar-refractivity contribution < 1.29 is 9.13 Å². The minimum absolute atomic E-state index is 0.131. The van der Waals surface area contributed by atoms with Crippen LogP contribution < -0.4 is 0 Å². The molecule has 5 heteroatoms. The number of aromatic nitrogens is 1. The molecule has 1 aliphatic rings. The van der Waals surface area contributed by atoms with Crippen molar-refractivity contribution in [2.24, 2.45) is 0 Å². The standard InChI is InChI=1S/C26H32FN3O/c1-22-6-4-7-23(18-22)19-30-11-5-9-25(30)21-29(13-12-28-14-16-31-17-15-28)20-24-8-2-3-10-26(24)27/h2-11,18H,12-17,19-21H2,1H3. The first-order valence-corrected chi connectivity index (χ1v) is 11.1. The topological polar surface area (TPSA) is 20.6 Å². The third-order valence-corrected chi connectivity index (χ3v) is 5.93. The smallest absolute Gasteiger partial charge is 0.127 e. The largest absolute Gasteiger partial charge is 0.379 e. The van der Waals surface area contributed by atoms with E-state index >= 15 is 0 Å². The molecule has 2 aromatic carbocycles. The van der Waals surface area contributed by atoms with Gasteiger partial charge in [-0.15, -0.1) is 0 Å². The Hall–Kier alpha value is -2.47. The number of hydrogen-bond donors (Lipinski definition) is 0. The molecule has 164 valence electrons. The molecule has 0 spiro atoms. The Morgan fingerprint density at radius 2 is 1.81 bits per heavy atom. The van der Waals surface area contributed by atoms with Gasteiger partial charge in [-0.05, 0) is 30.7 Å². The van der Waals surface area contributed by atoms with Gasteiger partial charge in [0, 0.05) is 63.3 Å². The highest BCUT2D eigenvalue weighted by atomic mass is 19.1. The molecule has 4 rings (SSSR count). The van der Waals surface area contributed by atoms with Crippen LogP contribution in [0.25, 0.3) is 0 Å². The lowest BCUT2D eigenvalue weighted by Crippen LogP contribution is -2.41. The van der Waals surface area contributed by atoms with E-state index < -0.39 is 0 Å². The van der Waals surface area contributed by atoms with Crippen molar-refractivity contribution in [1.82, 2.24) is 14.4 Å². The fourth-order valence-corrected chi connectivity index (χ4v) is 4.17. The van der Waals surface area contributed by atoms with Crippen LogP contribution in [0.3, 0.4) is 0 Å². The lowest BCUT2D eigenvalue weighted by Gasteiger charge is -2.30. The van der Waals surface area contributed by atoms with Gasteiger partial charge >= 0.3 is 0 Å². The first-order chi connectivity index (χ1) is 15.2. The van der Waals surface area contributed by atoms with Gasteiger partial charge in [-0.1, -0.05) is 48.0 Å². The molecule has 1 aliphatic heterocycles. The number of rotatable bonds is 9. The average molecular weight is 422 g/mol. The van der Waals surface area contributed by atoms with Crippen LogP contribution in [0, 0.1) is 12.7 Å². The monoisotopic (exact) mass is 421 g/mol. The van der Waals surface area contributed by atoms with Crippen LogP contribution in [0.15, 0.2) is 66.9 Å². The van der Waals surface area contributed by atoms with Gasteiger partial charge in [0.05, 0.1) is 13.2 Å². The molecule has 1 saturated heterocycles. The van der Waals surface area contributed by atoms with Crippen molar-refractivity contribution >= 4 is 0 Å². The predicted molar refractivity (Wildman–Crippen MR) is 122 cm³/mol. The second-order valence-corrected chi connectivity index (χ2v) is 8.37. The number of benzene rings is 2. The summed E-state index contributed by atoms with van der Waals surface area (Å²) in [5.41, 5.74) is 4.57. The minimum atomic E-state index is -0.131.